The normalized spacial score (nSPS) is 11.4. The number of carbonyl (C=O) groups is 1. The van der Waals surface area contributed by atoms with Crippen molar-refractivity contribution in [2.24, 2.45) is 0 Å². The summed E-state index contributed by atoms with van der Waals surface area (Å²) in [5, 5.41) is 1.78. The molecule has 6 aromatic rings. The molecule has 7 nitrogen and oxygen atoms in total. The van der Waals surface area contributed by atoms with Gasteiger partial charge in [0, 0.05) is 41.5 Å². The molecular formula is C27H19N5O2. The molecule has 7 heteroatoms. The molecule has 1 amide bonds. The molecule has 0 aliphatic carbocycles. The van der Waals surface area contributed by atoms with Crippen LogP contribution >= 0.6 is 0 Å². The van der Waals surface area contributed by atoms with Gasteiger partial charge in [-0.05, 0) is 66.7 Å². The molecule has 0 spiro atoms. The SMILES string of the molecule is COc1ccc(N(C)C(=O)c2ccc3nc4c5cccnc5c5ncccc5c4nc3c2)cc1. The van der Waals surface area contributed by atoms with Gasteiger partial charge in [0.2, 0.25) is 0 Å². The molecule has 0 saturated heterocycles. The van der Waals surface area contributed by atoms with Crippen LogP contribution in [-0.4, -0.2) is 40.0 Å². The molecule has 0 aliphatic rings. The van der Waals surface area contributed by atoms with Crippen molar-refractivity contribution in [3.63, 3.8) is 0 Å². The Labute approximate surface area is 194 Å². The Morgan fingerprint density at radius 2 is 1.38 bits per heavy atom. The summed E-state index contributed by atoms with van der Waals surface area (Å²) in [6, 6.07) is 20.5. The summed E-state index contributed by atoms with van der Waals surface area (Å²) >= 11 is 0. The second kappa shape index (κ2) is 7.74. The second-order valence-electron chi connectivity index (χ2n) is 7.99. The predicted molar refractivity (Wildman–Crippen MR) is 133 cm³/mol. The molecule has 0 atom stereocenters. The molecular weight excluding hydrogens is 426 g/mol. The minimum absolute atomic E-state index is 0.136. The molecule has 0 bridgehead atoms. The van der Waals surface area contributed by atoms with E-state index in [0.29, 0.717) is 16.6 Å². The number of methoxy groups -OCH3 is 1. The summed E-state index contributed by atoms with van der Waals surface area (Å²) in [4.78, 5) is 33.8. The Bertz CT molecular complexity index is 1730. The Morgan fingerprint density at radius 3 is 2.00 bits per heavy atom. The van der Waals surface area contributed by atoms with E-state index in [9.17, 15) is 4.79 Å². The van der Waals surface area contributed by atoms with Crippen LogP contribution in [0.1, 0.15) is 10.4 Å². The Kier molecular flexibility index (Phi) is 4.55. The van der Waals surface area contributed by atoms with Crippen molar-refractivity contribution in [3.8, 4) is 5.75 Å². The van der Waals surface area contributed by atoms with E-state index in [2.05, 4.69) is 9.97 Å². The molecule has 0 aliphatic heterocycles. The van der Waals surface area contributed by atoms with Crippen LogP contribution in [0.25, 0.3) is 43.9 Å². The molecule has 3 aromatic carbocycles. The van der Waals surface area contributed by atoms with Crippen LogP contribution in [0, 0.1) is 0 Å². The maximum atomic E-state index is 13.2. The van der Waals surface area contributed by atoms with E-state index < -0.39 is 0 Å². The van der Waals surface area contributed by atoms with Crippen LogP contribution in [0.15, 0.2) is 79.1 Å². The fourth-order valence-electron chi connectivity index (χ4n) is 4.25. The zero-order chi connectivity index (χ0) is 23.2. The number of benzene rings is 3. The molecule has 6 rings (SSSR count). The standard InChI is InChI=1S/C27H19N5O2/c1-32(17-8-10-18(34-2)11-9-17)27(33)16-7-12-21-22(15-16)31-26-20-6-4-14-29-24(20)23-19(25(26)30-21)5-3-13-28-23/h3-15H,1-2H3. The number of aromatic nitrogens is 4. The molecule has 164 valence electrons. The number of hydrogen-bond acceptors (Lipinski definition) is 6. The predicted octanol–water partition coefficient (Wildman–Crippen LogP) is 5.16. The average molecular weight is 445 g/mol. The first kappa shape index (κ1) is 20.0. The second-order valence-corrected chi connectivity index (χ2v) is 7.99. The fraction of sp³-hybridized carbons (Fsp3) is 0.0741. The lowest BCUT2D eigenvalue weighted by Crippen LogP contribution is -2.26. The highest BCUT2D eigenvalue weighted by Crippen LogP contribution is 2.32. The van der Waals surface area contributed by atoms with Gasteiger partial charge in [-0.1, -0.05) is 0 Å². The van der Waals surface area contributed by atoms with E-state index in [1.54, 1.807) is 43.6 Å². The van der Waals surface area contributed by atoms with Crippen LogP contribution in [0.4, 0.5) is 5.69 Å². The maximum Gasteiger partial charge on any atom is 0.258 e. The smallest absolute Gasteiger partial charge is 0.258 e. The van der Waals surface area contributed by atoms with Crippen molar-refractivity contribution in [3.05, 3.63) is 84.7 Å². The number of anilines is 1. The maximum absolute atomic E-state index is 13.2. The minimum atomic E-state index is -0.136. The van der Waals surface area contributed by atoms with Crippen molar-refractivity contribution in [2.75, 3.05) is 19.1 Å². The van der Waals surface area contributed by atoms with Crippen molar-refractivity contribution in [2.45, 2.75) is 0 Å². The summed E-state index contributed by atoms with van der Waals surface area (Å²) in [6.07, 6.45) is 3.51. The number of fused-ring (bicyclic) bond motifs is 7. The molecule has 0 radical (unpaired) electrons. The van der Waals surface area contributed by atoms with Crippen LogP contribution in [0.2, 0.25) is 0 Å². The first-order valence-corrected chi connectivity index (χ1v) is 10.8. The van der Waals surface area contributed by atoms with Crippen molar-refractivity contribution < 1.29 is 9.53 Å². The first-order chi connectivity index (χ1) is 16.6. The van der Waals surface area contributed by atoms with Crippen LogP contribution in [0.3, 0.4) is 0 Å². The lowest BCUT2D eigenvalue weighted by atomic mass is 10.1. The summed E-state index contributed by atoms with van der Waals surface area (Å²) in [7, 11) is 3.36. The van der Waals surface area contributed by atoms with Gasteiger partial charge < -0.3 is 9.64 Å². The highest BCUT2D eigenvalue weighted by Gasteiger charge is 2.17. The summed E-state index contributed by atoms with van der Waals surface area (Å²) < 4.78 is 5.21. The van der Waals surface area contributed by atoms with Gasteiger partial charge in [-0.3, -0.25) is 14.8 Å². The zero-order valence-electron chi connectivity index (χ0n) is 18.6. The first-order valence-electron chi connectivity index (χ1n) is 10.8. The topological polar surface area (TPSA) is 81.1 Å². The Hall–Kier alpha value is -4.65. The third kappa shape index (κ3) is 3.09. The number of carbonyl (C=O) groups excluding carboxylic acids is 1. The van der Waals surface area contributed by atoms with Gasteiger partial charge >= 0.3 is 0 Å². The van der Waals surface area contributed by atoms with E-state index >= 15 is 0 Å². The quantitative estimate of drug-likeness (QED) is 0.276. The highest BCUT2D eigenvalue weighted by molar-refractivity contribution is 6.21. The number of rotatable bonds is 3. The van der Waals surface area contributed by atoms with Gasteiger partial charge in [-0.25, -0.2) is 9.97 Å². The summed E-state index contributed by atoms with van der Waals surface area (Å²) in [6.45, 7) is 0. The van der Waals surface area contributed by atoms with E-state index in [1.807, 2.05) is 54.6 Å². The van der Waals surface area contributed by atoms with Gasteiger partial charge in [0.25, 0.3) is 5.91 Å². The molecule has 34 heavy (non-hydrogen) atoms. The van der Waals surface area contributed by atoms with E-state index in [1.165, 1.54) is 0 Å². The fourth-order valence-corrected chi connectivity index (χ4v) is 4.25. The van der Waals surface area contributed by atoms with E-state index in [4.69, 9.17) is 14.7 Å². The Balaban J connectivity index is 1.51. The molecule has 3 aromatic heterocycles. The lowest BCUT2D eigenvalue weighted by molar-refractivity contribution is 0.0993. The molecule has 3 heterocycles. The largest absolute Gasteiger partial charge is 0.497 e. The van der Waals surface area contributed by atoms with Crippen molar-refractivity contribution >= 4 is 55.5 Å². The van der Waals surface area contributed by atoms with Crippen LogP contribution in [0.5, 0.6) is 5.75 Å². The van der Waals surface area contributed by atoms with Crippen LogP contribution < -0.4 is 9.64 Å². The van der Waals surface area contributed by atoms with Crippen molar-refractivity contribution in [1.29, 1.82) is 0 Å². The van der Waals surface area contributed by atoms with Gasteiger partial charge in [0.05, 0.1) is 40.2 Å². The molecule has 0 fully saturated rings. The number of amides is 1. The molecule has 0 saturated carbocycles. The Morgan fingerprint density at radius 1 is 0.765 bits per heavy atom. The zero-order valence-corrected chi connectivity index (χ0v) is 18.6. The van der Waals surface area contributed by atoms with Gasteiger partial charge in [0.1, 0.15) is 5.75 Å². The summed E-state index contributed by atoms with van der Waals surface area (Å²) in [5.41, 5.74) is 5.75. The third-order valence-electron chi connectivity index (χ3n) is 6.03. The third-order valence-corrected chi connectivity index (χ3v) is 6.03. The van der Waals surface area contributed by atoms with Gasteiger partial charge in [0.15, 0.2) is 0 Å². The minimum Gasteiger partial charge on any atom is -0.497 e. The van der Waals surface area contributed by atoms with E-state index in [0.717, 1.165) is 44.3 Å². The number of nitrogens with zero attached hydrogens (tertiary/aromatic N) is 5. The monoisotopic (exact) mass is 445 g/mol. The highest BCUT2D eigenvalue weighted by atomic mass is 16.5. The van der Waals surface area contributed by atoms with Gasteiger partial charge in [-0.15, -0.1) is 0 Å². The number of hydrogen-bond donors (Lipinski definition) is 0. The van der Waals surface area contributed by atoms with Crippen LogP contribution in [-0.2, 0) is 0 Å². The van der Waals surface area contributed by atoms with E-state index in [-0.39, 0.29) is 5.91 Å². The molecule has 0 N–H and O–H groups in total. The van der Waals surface area contributed by atoms with Crippen molar-refractivity contribution in [1.82, 2.24) is 19.9 Å². The summed E-state index contributed by atoms with van der Waals surface area (Å²) in [5.74, 6) is 0.602. The number of pyridine rings is 2. The van der Waals surface area contributed by atoms with Gasteiger partial charge in [-0.2, -0.15) is 0 Å². The lowest BCUT2D eigenvalue weighted by Gasteiger charge is -2.18. The molecule has 0 unspecified atom stereocenters. The average Bonchev–Trinajstić information content (AvgIpc) is 2.91. The number of ether oxygens (including phenoxy) is 1.